The summed E-state index contributed by atoms with van der Waals surface area (Å²) >= 11 is 0. The monoisotopic (exact) mass is 275 g/mol. The van der Waals surface area contributed by atoms with Gasteiger partial charge in [-0.1, -0.05) is 17.3 Å². The number of ether oxygens (including phenoxy) is 1. The fourth-order valence-electron chi connectivity index (χ4n) is 1.62. The van der Waals surface area contributed by atoms with Gasteiger partial charge in [-0.05, 0) is 38.5 Å². The molecule has 0 saturated heterocycles. The Labute approximate surface area is 119 Å². The summed E-state index contributed by atoms with van der Waals surface area (Å²) in [6.07, 6.45) is 0. The van der Waals surface area contributed by atoms with Crippen molar-refractivity contribution in [2.75, 3.05) is 0 Å². The van der Waals surface area contributed by atoms with Crippen molar-refractivity contribution in [3.05, 3.63) is 41.5 Å². The Balaban J connectivity index is 1.85. The smallest absolute Gasteiger partial charge is 0.223 e. The molecule has 2 rings (SSSR count). The van der Waals surface area contributed by atoms with Crippen molar-refractivity contribution in [1.29, 1.82) is 0 Å². The largest absolute Gasteiger partial charge is 0.485 e. The van der Waals surface area contributed by atoms with E-state index in [-0.39, 0.29) is 5.54 Å². The molecule has 1 aromatic carbocycles. The molecule has 0 bridgehead atoms. The zero-order valence-corrected chi connectivity index (χ0v) is 12.4. The van der Waals surface area contributed by atoms with E-state index in [4.69, 9.17) is 9.26 Å². The van der Waals surface area contributed by atoms with Gasteiger partial charge in [-0.25, -0.2) is 0 Å². The maximum Gasteiger partial charge on any atom is 0.223 e. The SMILES string of the molecule is Cc1nc(COc2ccc(CNC(C)(C)C)cc2)no1. The summed E-state index contributed by atoms with van der Waals surface area (Å²) in [5.74, 6) is 1.90. The fraction of sp³-hybridized carbons (Fsp3) is 0.467. The number of nitrogens with zero attached hydrogens (tertiary/aromatic N) is 2. The third kappa shape index (κ3) is 4.66. The van der Waals surface area contributed by atoms with Crippen LogP contribution in [0.3, 0.4) is 0 Å². The van der Waals surface area contributed by atoms with Crippen molar-refractivity contribution in [2.45, 2.75) is 46.4 Å². The molecular weight excluding hydrogens is 254 g/mol. The van der Waals surface area contributed by atoms with Gasteiger partial charge >= 0.3 is 0 Å². The standard InChI is InChI=1S/C15H21N3O2/c1-11-17-14(18-20-11)10-19-13-7-5-12(6-8-13)9-16-15(2,3)4/h5-8,16H,9-10H2,1-4H3. The van der Waals surface area contributed by atoms with E-state index in [9.17, 15) is 0 Å². The normalized spacial score (nSPS) is 11.6. The van der Waals surface area contributed by atoms with Crippen LogP contribution in [0.2, 0.25) is 0 Å². The zero-order valence-electron chi connectivity index (χ0n) is 12.4. The van der Waals surface area contributed by atoms with Gasteiger partial charge in [-0.15, -0.1) is 0 Å². The van der Waals surface area contributed by atoms with E-state index < -0.39 is 0 Å². The van der Waals surface area contributed by atoms with Gasteiger partial charge < -0.3 is 14.6 Å². The molecule has 1 aromatic heterocycles. The Morgan fingerprint density at radius 1 is 1.20 bits per heavy atom. The van der Waals surface area contributed by atoms with Crippen LogP contribution in [0.4, 0.5) is 0 Å². The lowest BCUT2D eigenvalue weighted by Crippen LogP contribution is -2.34. The molecule has 1 heterocycles. The predicted octanol–water partition coefficient (Wildman–Crippen LogP) is 2.85. The highest BCUT2D eigenvalue weighted by molar-refractivity contribution is 5.27. The molecular formula is C15H21N3O2. The van der Waals surface area contributed by atoms with Crippen LogP contribution < -0.4 is 10.1 Å². The summed E-state index contributed by atoms with van der Waals surface area (Å²) in [5, 5.41) is 7.23. The summed E-state index contributed by atoms with van der Waals surface area (Å²) in [5.41, 5.74) is 1.34. The molecule has 108 valence electrons. The fourth-order valence-corrected chi connectivity index (χ4v) is 1.62. The lowest BCUT2D eigenvalue weighted by atomic mass is 10.1. The van der Waals surface area contributed by atoms with Gasteiger partial charge in [-0.3, -0.25) is 0 Å². The van der Waals surface area contributed by atoms with Crippen LogP contribution in [-0.2, 0) is 13.2 Å². The first-order valence-corrected chi connectivity index (χ1v) is 6.68. The average molecular weight is 275 g/mol. The summed E-state index contributed by atoms with van der Waals surface area (Å²) in [6, 6.07) is 8.00. The minimum Gasteiger partial charge on any atom is -0.485 e. The van der Waals surface area contributed by atoms with Gasteiger partial charge in [0.25, 0.3) is 0 Å². The Morgan fingerprint density at radius 3 is 2.45 bits per heavy atom. The second-order valence-electron chi connectivity index (χ2n) is 5.77. The molecule has 0 spiro atoms. The summed E-state index contributed by atoms with van der Waals surface area (Å²) in [7, 11) is 0. The van der Waals surface area contributed by atoms with E-state index in [1.165, 1.54) is 5.56 Å². The molecule has 0 aliphatic heterocycles. The van der Waals surface area contributed by atoms with E-state index in [2.05, 4.69) is 48.4 Å². The van der Waals surface area contributed by atoms with E-state index in [1.807, 2.05) is 12.1 Å². The molecule has 0 fully saturated rings. The van der Waals surface area contributed by atoms with Crippen LogP contribution in [0, 0.1) is 6.92 Å². The van der Waals surface area contributed by atoms with Crippen molar-refractivity contribution >= 4 is 0 Å². The number of hydrogen-bond donors (Lipinski definition) is 1. The topological polar surface area (TPSA) is 60.2 Å². The van der Waals surface area contributed by atoms with Gasteiger partial charge in [0.05, 0.1) is 0 Å². The van der Waals surface area contributed by atoms with E-state index >= 15 is 0 Å². The van der Waals surface area contributed by atoms with Crippen molar-refractivity contribution in [3.63, 3.8) is 0 Å². The quantitative estimate of drug-likeness (QED) is 0.909. The van der Waals surface area contributed by atoms with Crippen molar-refractivity contribution in [3.8, 4) is 5.75 Å². The van der Waals surface area contributed by atoms with Crippen LogP contribution >= 0.6 is 0 Å². The molecule has 2 aromatic rings. The first-order valence-electron chi connectivity index (χ1n) is 6.68. The minimum absolute atomic E-state index is 0.117. The van der Waals surface area contributed by atoms with Gasteiger partial charge in [0.1, 0.15) is 5.75 Å². The van der Waals surface area contributed by atoms with Crippen LogP contribution in [0.5, 0.6) is 5.75 Å². The first-order chi connectivity index (χ1) is 9.42. The average Bonchev–Trinajstić information content (AvgIpc) is 2.80. The van der Waals surface area contributed by atoms with Crippen molar-refractivity contribution in [2.24, 2.45) is 0 Å². The maximum atomic E-state index is 5.60. The van der Waals surface area contributed by atoms with Gasteiger partial charge in [0, 0.05) is 19.0 Å². The highest BCUT2D eigenvalue weighted by Crippen LogP contribution is 2.14. The molecule has 5 nitrogen and oxygen atoms in total. The van der Waals surface area contributed by atoms with Crippen LogP contribution in [-0.4, -0.2) is 15.7 Å². The first kappa shape index (κ1) is 14.5. The van der Waals surface area contributed by atoms with E-state index in [0.29, 0.717) is 18.3 Å². The lowest BCUT2D eigenvalue weighted by molar-refractivity contribution is 0.285. The molecule has 0 radical (unpaired) electrons. The van der Waals surface area contributed by atoms with Gasteiger partial charge in [-0.2, -0.15) is 4.98 Å². The molecule has 5 heteroatoms. The second kappa shape index (κ2) is 6.05. The molecule has 0 unspecified atom stereocenters. The number of rotatable bonds is 5. The zero-order chi connectivity index (χ0) is 14.6. The molecule has 1 N–H and O–H groups in total. The Morgan fingerprint density at radius 2 is 1.90 bits per heavy atom. The predicted molar refractivity (Wildman–Crippen MR) is 76.4 cm³/mol. The number of benzene rings is 1. The minimum atomic E-state index is 0.117. The Kier molecular flexibility index (Phi) is 4.39. The highest BCUT2D eigenvalue weighted by Gasteiger charge is 2.08. The van der Waals surface area contributed by atoms with Gasteiger partial charge in [0.2, 0.25) is 11.7 Å². The van der Waals surface area contributed by atoms with Crippen LogP contribution in [0.25, 0.3) is 0 Å². The van der Waals surface area contributed by atoms with E-state index in [0.717, 1.165) is 12.3 Å². The molecule has 0 amide bonds. The van der Waals surface area contributed by atoms with Crippen molar-refractivity contribution < 1.29 is 9.26 Å². The number of aromatic nitrogens is 2. The second-order valence-corrected chi connectivity index (χ2v) is 5.77. The molecule has 0 saturated carbocycles. The molecule has 0 atom stereocenters. The third-order valence-electron chi connectivity index (χ3n) is 2.68. The molecule has 0 aliphatic carbocycles. The highest BCUT2D eigenvalue weighted by atomic mass is 16.5. The van der Waals surface area contributed by atoms with Crippen molar-refractivity contribution in [1.82, 2.24) is 15.5 Å². The number of nitrogens with one attached hydrogen (secondary N) is 1. The van der Waals surface area contributed by atoms with E-state index in [1.54, 1.807) is 6.92 Å². The van der Waals surface area contributed by atoms with Gasteiger partial charge in [0.15, 0.2) is 6.61 Å². The summed E-state index contributed by atoms with van der Waals surface area (Å²) in [4.78, 5) is 4.09. The Bertz CT molecular complexity index is 541. The van der Waals surface area contributed by atoms with Crippen LogP contribution in [0.1, 0.15) is 38.0 Å². The van der Waals surface area contributed by atoms with Crippen LogP contribution in [0.15, 0.2) is 28.8 Å². The third-order valence-corrected chi connectivity index (χ3v) is 2.68. The number of hydrogen-bond acceptors (Lipinski definition) is 5. The number of aryl methyl sites for hydroxylation is 1. The Hall–Kier alpha value is -1.88. The summed E-state index contributed by atoms with van der Waals surface area (Å²) < 4.78 is 10.5. The lowest BCUT2D eigenvalue weighted by Gasteiger charge is -2.20. The molecule has 20 heavy (non-hydrogen) atoms. The summed E-state index contributed by atoms with van der Waals surface area (Å²) in [6.45, 7) is 9.37. The maximum absolute atomic E-state index is 5.60. The molecule has 0 aliphatic rings.